The highest BCUT2D eigenvalue weighted by Crippen LogP contribution is 2.40. The maximum atomic E-state index is 13.4. The SMILES string of the molecule is CCCCCCCCCCCCCCCCCCCCOCC(CN(Cc1ccccc1)C(=O)OCc1ccccc1)OP(=O)([O-])OCC[N+](C)(C)C. The molecule has 0 aromatic heterocycles. The van der Waals surface area contributed by atoms with Gasteiger partial charge >= 0.3 is 6.09 Å². The minimum Gasteiger partial charge on any atom is -0.756 e. The number of amides is 1. The number of hydrogen-bond acceptors (Lipinski definition) is 7. The summed E-state index contributed by atoms with van der Waals surface area (Å²) < 4.78 is 35.9. The van der Waals surface area contributed by atoms with Crippen LogP contribution >= 0.6 is 7.82 Å². The minimum atomic E-state index is -4.68. The van der Waals surface area contributed by atoms with Gasteiger partial charge < -0.3 is 32.8 Å². The molecular formula is C43H73N2O7P. The largest absolute Gasteiger partial charge is 0.756 e. The summed E-state index contributed by atoms with van der Waals surface area (Å²) in [6, 6.07) is 19.0. The third-order valence-electron chi connectivity index (χ3n) is 9.34. The first-order valence-corrected chi connectivity index (χ1v) is 22.1. The summed E-state index contributed by atoms with van der Waals surface area (Å²) in [7, 11) is 1.19. The van der Waals surface area contributed by atoms with Crippen molar-refractivity contribution in [2.24, 2.45) is 0 Å². The van der Waals surface area contributed by atoms with Crippen LogP contribution in [0.3, 0.4) is 0 Å². The highest BCUT2D eigenvalue weighted by molar-refractivity contribution is 7.45. The summed E-state index contributed by atoms with van der Waals surface area (Å²) >= 11 is 0. The van der Waals surface area contributed by atoms with Gasteiger partial charge in [0.05, 0.1) is 34.3 Å². The number of unbranched alkanes of at least 4 members (excludes halogenated alkanes) is 17. The second-order valence-corrected chi connectivity index (χ2v) is 16.9. The van der Waals surface area contributed by atoms with Crippen molar-refractivity contribution in [1.29, 1.82) is 0 Å². The lowest BCUT2D eigenvalue weighted by atomic mass is 10.0. The summed E-state index contributed by atoms with van der Waals surface area (Å²) in [5.41, 5.74) is 1.74. The molecule has 2 aromatic rings. The molecule has 0 bridgehead atoms. The van der Waals surface area contributed by atoms with Gasteiger partial charge in [0.15, 0.2) is 0 Å². The smallest absolute Gasteiger partial charge is 0.410 e. The lowest BCUT2D eigenvalue weighted by Crippen LogP contribution is -2.41. The number of rotatable bonds is 33. The molecule has 0 spiro atoms. The monoisotopic (exact) mass is 761 g/mol. The molecule has 1 amide bonds. The fourth-order valence-electron chi connectivity index (χ4n) is 6.14. The summed E-state index contributed by atoms with van der Waals surface area (Å²) in [5, 5.41) is 0. The van der Waals surface area contributed by atoms with Gasteiger partial charge in [-0.2, -0.15) is 0 Å². The molecule has 2 rings (SSSR count). The van der Waals surface area contributed by atoms with Crippen LogP contribution in [0.1, 0.15) is 134 Å². The van der Waals surface area contributed by atoms with E-state index in [0.29, 0.717) is 17.6 Å². The van der Waals surface area contributed by atoms with Gasteiger partial charge in [-0.25, -0.2) is 4.79 Å². The summed E-state index contributed by atoms with van der Waals surface area (Å²) in [6.45, 7) is 3.51. The molecule has 0 saturated heterocycles. The molecule has 2 unspecified atom stereocenters. The lowest BCUT2D eigenvalue weighted by Gasteiger charge is -2.32. The van der Waals surface area contributed by atoms with Crippen LogP contribution in [0.2, 0.25) is 0 Å². The quantitative estimate of drug-likeness (QED) is 0.0406. The molecular weight excluding hydrogens is 687 g/mol. The Kier molecular flexibility index (Phi) is 25.7. The zero-order chi connectivity index (χ0) is 38.5. The Bertz CT molecular complexity index is 1210. The Balaban J connectivity index is 1.77. The second-order valence-electron chi connectivity index (χ2n) is 15.5. The molecule has 2 atom stereocenters. The van der Waals surface area contributed by atoms with Crippen molar-refractivity contribution < 1.29 is 37.3 Å². The Morgan fingerprint density at radius 1 is 0.698 bits per heavy atom. The molecule has 53 heavy (non-hydrogen) atoms. The summed E-state index contributed by atoms with van der Waals surface area (Å²) in [6.07, 6.45) is 22.0. The van der Waals surface area contributed by atoms with Crippen LogP contribution in [0.5, 0.6) is 0 Å². The first-order valence-electron chi connectivity index (χ1n) is 20.6. The summed E-state index contributed by atoms with van der Waals surface area (Å²) in [4.78, 5) is 27.8. The molecule has 0 radical (unpaired) electrons. The predicted molar refractivity (Wildman–Crippen MR) is 214 cm³/mol. The fraction of sp³-hybridized carbons (Fsp3) is 0.698. The molecule has 0 N–H and O–H groups in total. The van der Waals surface area contributed by atoms with Crippen molar-refractivity contribution in [2.75, 3.05) is 54.1 Å². The fourth-order valence-corrected chi connectivity index (χ4v) is 7.00. The molecule has 0 aliphatic heterocycles. The van der Waals surface area contributed by atoms with E-state index in [1.54, 1.807) is 0 Å². The van der Waals surface area contributed by atoms with Crippen molar-refractivity contribution in [2.45, 2.75) is 142 Å². The van der Waals surface area contributed by atoms with Crippen molar-refractivity contribution in [3.63, 3.8) is 0 Å². The standard InChI is InChI=1S/C43H73N2O7P/c1-5-6-7-8-9-10-11-12-13-14-15-16-17-18-19-20-21-28-34-49-39-42(52-53(47,48)51-35-33-45(2,3)4)37-44(36-40-29-24-22-25-30-40)43(46)50-38-41-31-26-23-27-32-41/h22-27,29-32,42H,5-21,28,33-39H2,1-4H3. The normalized spacial score (nSPS) is 13.5. The number of hydrogen-bond donors (Lipinski definition) is 0. The van der Waals surface area contributed by atoms with Gasteiger partial charge in [0.25, 0.3) is 7.82 Å². The number of phosphoric ester groups is 1. The molecule has 0 heterocycles. The van der Waals surface area contributed by atoms with Crippen molar-refractivity contribution in [3.8, 4) is 0 Å². The molecule has 0 aliphatic rings. The third kappa shape index (κ3) is 26.2. The van der Waals surface area contributed by atoms with Gasteiger partial charge in [-0.15, -0.1) is 0 Å². The van der Waals surface area contributed by atoms with E-state index in [1.807, 2.05) is 81.8 Å². The number of ether oxygens (including phenoxy) is 2. The number of nitrogens with zero attached hydrogens (tertiary/aromatic N) is 2. The van der Waals surface area contributed by atoms with Crippen LogP contribution in [0.25, 0.3) is 0 Å². The van der Waals surface area contributed by atoms with Crippen LogP contribution in [0.4, 0.5) is 4.79 Å². The topological polar surface area (TPSA) is 97.4 Å². The maximum absolute atomic E-state index is 13.4. The van der Waals surface area contributed by atoms with Gasteiger partial charge in [0.2, 0.25) is 0 Å². The third-order valence-corrected chi connectivity index (χ3v) is 10.4. The van der Waals surface area contributed by atoms with E-state index in [1.165, 1.54) is 101 Å². The number of phosphoric acid groups is 1. The number of benzene rings is 2. The van der Waals surface area contributed by atoms with E-state index in [0.717, 1.165) is 30.4 Å². The minimum absolute atomic E-state index is 0.00113. The number of quaternary nitrogens is 1. The van der Waals surface area contributed by atoms with Crippen molar-refractivity contribution in [1.82, 2.24) is 4.90 Å². The number of carbonyl (C=O) groups is 1. The van der Waals surface area contributed by atoms with Crippen molar-refractivity contribution >= 4 is 13.9 Å². The average Bonchev–Trinajstić information content (AvgIpc) is 3.12. The molecule has 2 aromatic carbocycles. The molecule has 0 aliphatic carbocycles. The second kappa shape index (κ2) is 29.1. The number of carbonyl (C=O) groups excluding carboxylic acids is 1. The lowest BCUT2D eigenvalue weighted by molar-refractivity contribution is -0.870. The van der Waals surface area contributed by atoms with E-state index in [-0.39, 0.29) is 32.9 Å². The Morgan fingerprint density at radius 3 is 1.66 bits per heavy atom. The molecule has 302 valence electrons. The van der Waals surface area contributed by atoms with Gasteiger partial charge in [-0.3, -0.25) is 4.57 Å². The first kappa shape index (κ1) is 46.9. The van der Waals surface area contributed by atoms with E-state index in [9.17, 15) is 14.3 Å². The number of likely N-dealkylation sites (N-methyl/N-ethyl adjacent to an activating group) is 1. The maximum Gasteiger partial charge on any atom is 0.410 e. The molecule has 9 nitrogen and oxygen atoms in total. The first-order chi connectivity index (χ1) is 25.6. The highest BCUT2D eigenvalue weighted by Gasteiger charge is 2.26. The predicted octanol–water partition coefficient (Wildman–Crippen LogP) is 10.5. The van der Waals surface area contributed by atoms with Gasteiger partial charge in [0, 0.05) is 13.2 Å². The van der Waals surface area contributed by atoms with Crippen LogP contribution in [-0.2, 0) is 36.2 Å². The summed E-state index contributed by atoms with van der Waals surface area (Å²) in [5.74, 6) is 0. The van der Waals surface area contributed by atoms with E-state index >= 15 is 0 Å². The Hall–Kier alpha value is -2.26. The average molecular weight is 761 g/mol. The molecule has 0 fully saturated rings. The van der Waals surface area contributed by atoms with Crippen LogP contribution in [0.15, 0.2) is 60.7 Å². The Morgan fingerprint density at radius 2 is 1.17 bits per heavy atom. The van der Waals surface area contributed by atoms with E-state index < -0.39 is 20.0 Å². The van der Waals surface area contributed by atoms with Gasteiger partial charge in [0.1, 0.15) is 25.9 Å². The molecule has 0 saturated carbocycles. The van der Waals surface area contributed by atoms with Gasteiger partial charge in [-0.05, 0) is 17.5 Å². The van der Waals surface area contributed by atoms with Crippen LogP contribution in [0, 0.1) is 0 Å². The van der Waals surface area contributed by atoms with E-state index in [2.05, 4.69) is 6.92 Å². The zero-order valence-corrected chi connectivity index (χ0v) is 34.6. The zero-order valence-electron chi connectivity index (χ0n) is 33.7. The van der Waals surface area contributed by atoms with Crippen molar-refractivity contribution in [3.05, 3.63) is 71.8 Å². The van der Waals surface area contributed by atoms with Crippen LogP contribution < -0.4 is 4.89 Å². The molecule has 10 heteroatoms. The van der Waals surface area contributed by atoms with E-state index in [4.69, 9.17) is 18.5 Å². The van der Waals surface area contributed by atoms with Crippen LogP contribution in [-0.4, -0.2) is 75.6 Å². The Labute approximate surface area is 322 Å². The van der Waals surface area contributed by atoms with Gasteiger partial charge in [-0.1, -0.05) is 177 Å². The highest BCUT2D eigenvalue weighted by atomic mass is 31.2.